The Hall–Kier alpha value is -2.59. The number of carbonyl (C=O) groups is 3. The molecule has 1 fully saturated rings. The fourth-order valence-corrected chi connectivity index (χ4v) is 2.80. The fourth-order valence-electron chi connectivity index (χ4n) is 1.89. The fraction of sp³-hybridized carbons (Fsp3) is 0.200. The van der Waals surface area contributed by atoms with E-state index < -0.39 is 23.2 Å². The van der Waals surface area contributed by atoms with Gasteiger partial charge in [0.2, 0.25) is 0 Å². The van der Waals surface area contributed by atoms with Gasteiger partial charge in [0.05, 0.1) is 23.6 Å². The van der Waals surface area contributed by atoms with Crippen molar-refractivity contribution in [3.63, 3.8) is 0 Å². The molecule has 2 rings (SSSR count). The first-order chi connectivity index (χ1) is 10.5. The van der Waals surface area contributed by atoms with Crippen molar-refractivity contribution in [1.82, 2.24) is 4.90 Å². The Morgan fingerprint density at radius 3 is 2.55 bits per heavy atom. The summed E-state index contributed by atoms with van der Waals surface area (Å²) in [7, 11) is 1.20. The molecule has 1 aliphatic heterocycles. The molecule has 0 bridgehead atoms. The van der Waals surface area contributed by atoms with Crippen LogP contribution in [0.5, 0.6) is 0 Å². The van der Waals surface area contributed by atoms with Crippen molar-refractivity contribution in [3.8, 4) is 6.07 Å². The first-order valence-electron chi connectivity index (χ1n) is 6.33. The Kier molecular flexibility index (Phi) is 4.63. The van der Waals surface area contributed by atoms with E-state index in [1.807, 2.05) is 6.07 Å². The van der Waals surface area contributed by atoms with Crippen LogP contribution in [-0.4, -0.2) is 35.2 Å². The minimum atomic E-state index is -0.968. The number of carbonyl (C=O) groups excluding carboxylic acids is 3. The lowest BCUT2D eigenvalue weighted by atomic mass is 10.1. The number of hydrogen-bond donors (Lipinski definition) is 0. The van der Waals surface area contributed by atoms with Crippen LogP contribution in [0.25, 0.3) is 6.08 Å². The van der Waals surface area contributed by atoms with Crippen LogP contribution in [0.4, 0.5) is 4.79 Å². The van der Waals surface area contributed by atoms with Crippen LogP contribution in [0.2, 0.25) is 0 Å². The second kappa shape index (κ2) is 6.45. The molecule has 0 spiro atoms. The molecule has 1 aliphatic rings. The highest BCUT2D eigenvalue weighted by Gasteiger charge is 2.41. The van der Waals surface area contributed by atoms with Gasteiger partial charge in [-0.1, -0.05) is 12.1 Å². The monoisotopic (exact) mass is 316 g/mol. The van der Waals surface area contributed by atoms with Gasteiger partial charge >= 0.3 is 5.97 Å². The molecule has 2 amide bonds. The number of thioether (sulfide) groups is 1. The maximum atomic E-state index is 12.3. The van der Waals surface area contributed by atoms with Crippen LogP contribution in [-0.2, 0) is 14.3 Å². The zero-order valence-electron chi connectivity index (χ0n) is 11.9. The Labute approximate surface area is 131 Å². The Balaban J connectivity index is 2.25. The molecule has 1 atom stereocenters. The molecule has 0 N–H and O–H groups in total. The van der Waals surface area contributed by atoms with E-state index in [0.717, 1.165) is 16.7 Å². The van der Waals surface area contributed by atoms with Gasteiger partial charge in [-0.15, -0.1) is 0 Å². The van der Waals surface area contributed by atoms with Gasteiger partial charge in [0.15, 0.2) is 0 Å². The summed E-state index contributed by atoms with van der Waals surface area (Å²) < 4.78 is 4.56. The lowest BCUT2D eigenvalue weighted by Crippen LogP contribution is -2.42. The number of rotatable bonds is 3. The number of imide groups is 1. The van der Waals surface area contributed by atoms with E-state index in [1.54, 1.807) is 30.3 Å². The van der Waals surface area contributed by atoms with E-state index in [1.165, 1.54) is 14.0 Å². The molecule has 7 heteroatoms. The van der Waals surface area contributed by atoms with Crippen molar-refractivity contribution in [1.29, 1.82) is 5.26 Å². The Morgan fingerprint density at radius 1 is 1.36 bits per heavy atom. The molecule has 0 unspecified atom stereocenters. The van der Waals surface area contributed by atoms with Crippen LogP contribution in [0.15, 0.2) is 29.2 Å². The lowest BCUT2D eigenvalue weighted by molar-refractivity contribution is -0.148. The van der Waals surface area contributed by atoms with Crippen LogP contribution in [0, 0.1) is 11.3 Å². The van der Waals surface area contributed by atoms with E-state index in [9.17, 15) is 14.4 Å². The third kappa shape index (κ3) is 3.02. The lowest BCUT2D eigenvalue weighted by Gasteiger charge is -2.18. The average molecular weight is 316 g/mol. The molecule has 1 heterocycles. The summed E-state index contributed by atoms with van der Waals surface area (Å²) in [6, 6.07) is 7.62. The van der Waals surface area contributed by atoms with Crippen molar-refractivity contribution in [2.24, 2.45) is 0 Å². The SMILES string of the molecule is COC(=O)[C@H](C)N1C(=O)S/C(=C/c2ccc(C#N)cc2)C1=O. The predicted octanol–water partition coefficient (Wildman–Crippen LogP) is 2.16. The largest absolute Gasteiger partial charge is 0.467 e. The third-order valence-corrected chi connectivity index (χ3v) is 3.97. The normalized spacial score (nSPS) is 17.5. The molecule has 1 aromatic carbocycles. The average Bonchev–Trinajstić information content (AvgIpc) is 2.80. The van der Waals surface area contributed by atoms with E-state index in [-0.39, 0.29) is 4.91 Å². The minimum Gasteiger partial charge on any atom is -0.467 e. The molecule has 22 heavy (non-hydrogen) atoms. The highest BCUT2D eigenvalue weighted by molar-refractivity contribution is 8.18. The summed E-state index contributed by atoms with van der Waals surface area (Å²) in [4.78, 5) is 36.8. The highest BCUT2D eigenvalue weighted by atomic mass is 32.2. The zero-order valence-corrected chi connectivity index (χ0v) is 12.7. The van der Waals surface area contributed by atoms with Gasteiger partial charge in [0.25, 0.3) is 11.1 Å². The topological polar surface area (TPSA) is 87.5 Å². The van der Waals surface area contributed by atoms with Gasteiger partial charge < -0.3 is 4.74 Å². The number of ether oxygens (including phenoxy) is 1. The molecule has 6 nitrogen and oxygen atoms in total. The molecule has 112 valence electrons. The summed E-state index contributed by atoms with van der Waals surface area (Å²) >= 11 is 0.769. The van der Waals surface area contributed by atoms with E-state index in [2.05, 4.69) is 4.74 Å². The molecule has 1 saturated heterocycles. The van der Waals surface area contributed by atoms with Crippen LogP contribution < -0.4 is 0 Å². The highest BCUT2D eigenvalue weighted by Crippen LogP contribution is 2.33. The van der Waals surface area contributed by atoms with E-state index >= 15 is 0 Å². The number of hydrogen-bond acceptors (Lipinski definition) is 6. The zero-order chi connectivity index (χ0) is 16.3. The Bertz CT molecular complexity index is 703. The van der Waals surface area contributed by atoms with E-state index in [4.69, 9.17) is 5.26 Å². The van der Waals surface area contributed by atoms with Gasteiger partial charge in [0, 0.05) is 0 Å². The smallest absolute Gasteiger partial charge is 0.328 e. The molecule has 1 aromatic rings. The number of nitrogens with zero attached hydrogens (tertiary/aromatic N) is 2. The summed E-state index contributed by atoms with van der Waals surface area (Å²) in [6.45, 7) is 1.44. The molecular weight excluding hydrogens is 304 g/mol. The summed E-state index contributed by atoms with van der Waals surface area (Å²) in [5, 5.41) is 8.23. The number of methoxy groups -OCH3 is 1. The van der Waals surface area contributed by atoms with Crippen molar-refractivity contribution in [2.75, 3.05) is 7.11 Å². The summed E-state index contributed by atoms with van der Waals surface area (Å²) in [6.07, 6.45) is 1.55. The number of benzene rings is 1. The van der Waals surface area contributed by atoms with Crippen molar-refractivity contribution in [2.45, 2.75) is 13.0 Å². The maximum absolute atomic E-state index is 12.3. The summed E-state index contributed by atoms with van der Waals surface area (Å²) in [5.74, 6) is -1.18. The van der Waals surface area contributed by atoms with E-state index in [0.29, 0.717) is 11.1 Å². The number of amides is 2. The van der Waals surface area contributed by atoms with Gasteiger partial charge in [-0.05, 0) is 42.5 Å². The van der Waals surface area contributed by atoms with Crippen LogP contribution in [0.3, 0.4) is 0 Å². The number of nitriles is 1. The Morgan fingerprint density at radius 2 is 2.00 bits per heavy atom. The summed E-state index contributed by atoms with van der Waals surface area (Å²) in [5.41, 5.74) is 1.19. The van der Waals surface area contributed by atoms with Crippen molar-refractivity contribution < 1.29 is 19.1 Å². The predicted molar refractivity (Wildman–Crippen MR) is 80.4 cm³/mol. The standard InChI is InChI=1S/C15H12N2O4S/c1-9(14(19)21-2)17-13(18)12(22-15(17)20)7-10-3-5-11(8-16)6-4-10/h3-7,9H,1-2H3/b12-7+/t9-/m0/s1. The first kappa shape index (κ1) is 15.8. The second-order valence-corrected chi connectivity index (χ2v) is 5.48. The molecule has 0 saturated carbocycles. The second-order valence-electron chi connectivity index (χ2n) is 4.48. The minimum absolute atomic E-state index is 0.227. The molecular formula is C15H12N2O4S. The molecule has 0 radical (unpaired) electrons. The van der Waals surface area contributed by atoms with Crippen LogP contribution in [0.1, 0.15) is 18.1 Å². The maximum Gasteiger partial charge on any atom is 0.328 e. The van der Waals surface area contributed by atoms with Gasteiger partial charge in [-0.25, -0.2) is 4.79 Å². The third-order valence-electron chi connectivity index (χ3n) is 3.09. The quantitative estimate of drug-likeness (QED) is 0.627. The van der Waals surface area contributed by atoms with Crippen LogP contribution >= 0.6 is 11.8 Å². The molecule has 0 aromatic heterocycles. The van der Waals surface area contributed by atoms with Gasteiger partial charge in [0.1, 0.15) is 6.04 Å². The first-order valence-corrected chi connectivity index (χ1v) is 7.14. The van der Waals surface area contributed by atoms with Crippen molar-refractivity contribution >= 4 is 35.0 Å². The molecule has 0 aliphatic carbocycles. The van der Waals surface area contributed by atoms with Gasteiger partial charge in [-0.2, -0.15) is 5.26 Å². The number of esters is 1. The van der Waals surface area contributed by atoms with Crippen molar-refractivity contribution in [3.05, 3.63) is 40.3 Å². The van der Waals surface area contributed by atoms with Gasteiger partial charge in [-0.3, -0.25) is 14.5 Å².